The van der Waals surface area contributed by atoms with Gasteiger partial charge in [0.1, 0.15) is 0 Å². The summed E-state index contributed by atoms with van der Waals surface area (Å²) in [4.78, 5) is 5.22. The number of nitrogens with one attached hydrogen (secondary N) is 1. The standard InChI is InChI=1S/C17H35N3O/c1-5-15-11-18-17(6-2,7-3)14-20(15)13-16-12-19(8-4)9-10-21-16/h15-16,18H,5-14H2,1-4H3. The fourth-order valence-corrected chi connectivity index (χ4v) is 3.82. The molecule has 2 rings (SSSR count). The predicted molar refractivity (Wildman–Crippen MR) is 88.8 cm³/mol. The van der Waals surface area contributed by atoms with Crippen LogP contribution in [0.3, 0.4) is 0 Å². The van der Waals surface area contributed by atoms with Gasteiger partial charge >= 0.3 is 0 Å². The zero-order valence-corrected chi connectivity index (χ0v) is 14.5. The summed E-state index contributed by atoms with van der Waals surface area (Å²) in [6, 6.07) is 0.664. The third kappa shape index (κ3) is 4.19. The lowest BCUT2D eigenvalue weighted by Gasteiger charge is -2.49. The molecule has 0 aromatic carbocycles. The highest BCUT2D eigenvalue weighted by atomic mass is 16.5. The van der Waals surface area contributed by atoms with Gasteiger partial charge in [0.2, 0.25) is 0 Å². The molecule has 0 aliphatic carbocycles. The average Bonchev–Trinajstić information content (AvgIpc) is 2.55. The van der Waals surface area contributed by atoms with Gasteiger partial charge in [0.05, 0.1) is 12.7 Å². The molecule has 0 aromatic heterocycles. The van der Waals surface area contributed by atoms with Crippen molar-refractivity contribution in [2.45, 2.75) is 64.6 Å². The first-order valence-corrected chi connectivity index (χ1v) is 8.99. The normalized spacial score (nSPS) is 31.4. The Kier molecular flexibility index (Phi) is 6.48. The van der Waals surface area contributed by atoms with E-state index in [2.05, 4.69) is 42.8 Å². The quantitative estimate of drug-likeness (QED) is 0.811. The van der Waals surface area contributed by atoms with Gasteiger partial charge in [-0.3, -0.25) is 9.80 Å². The second-order valence-electron chi connectivity index (χ2n) is 6.75. The van der Waals surface area contributed by atoms with E-state index >= 15 is 0 Å². The van der Waals surface area contributed by atoms with Gasteiger partial charge in [0, 0.05) is 44.3 Å². The Morgan fingerprint density at radius 1 is 1.19 bits per heavy atom. The van der Waals surface area contributed by atoms with Crippen LogP contribution >= 0.6 is 0 Å². The molecule has 0 saturated carbocycles. The Bertz CT molecular complexity index is 306. The highest BCUT2D eigenvalue weighted by molar-refractivity contribution is 4.97. The van der Waals surface area contributed by atoms with Crippen molar-refractivity contribution < 1.29 is 4.74 Å². The minimum atomic E-state index is 0.310. The van der Waals surface area contributed by atoms with Crippen LogP contribution in [0.5, 0.6) is 0 Å². The van der Waals surface area contributed by atoms with Crippen LogP contribution < -0.4 is 5.32 Å². The minimum absolute atomic E-state index is 0.310. The van der Waals surface area contributed by atoms with Gasteiger partial charge in [0.25, 0.3) is 0 Å². The Labute approximate surface area is 131 Å². The molecule has 0 radical (unpaired) electrons. The molecular weight excluding hydrogens is 262 g/mol. The second kappa shape index (κ2) is 7.91. The summed E-state index contributed by atoms with van der Waals surface area (Å²) in [7, 11) is 0. The van der Waals surface area contributed by atoms with Gasteiger partial charge in [0.15, 0.2) is 0 Å². The maximum Gasteiger partial charge on any atom is 0.0829 e. The minimum Gasteiger partial charge on any atom is -0.374 e. The summed E-state index contributed by atoms with van der Waals surface area (Å²) in [5.41, 5.74) is 0.310. The molecule has 2 fully saturated rings. The summed E-state index contributed by atoms with van der Waals surface area (Å²) in [5.74, 6) is 0. The fourth-order valence-electron chi connectivity index (χ4n) is 3.82. The van der Waals surface area contributed by atoms with Crippen molar-refractivity contribution in [2.75, 3.05) is 45.9 Å². The monoisotopic (exact) mass is 297 g/mol. The van der Waals surface area contributed by atoms with Crippen molar-refractivity contribution in [2.24, 2.45) is 0 Å². The zero-order chi connectivity index (χ0) is 15.3. The van der Waals surface area contributed by atoms with Crippen molar-refractivity contribution in [3.63, 3.8) is 0 Å². The van der Waals surface area contributed by atoms with Crippen LogP contribution in [0.2, 0.25) is 0 Å². The molecule has 0 amide bonds. The highest BCUT2D eigenvalue weighted by Crippen LogP contribution is 2.24. The first-order valence-electron chi connectivity index (χ1n) is 8.99. The average molecular weight is 297 g/mol. The number of piperazine rings is 1. The lowest BCUT2D eigenvalue weighted by atomic mass is 9.88. The third-order valence-electron chi connectivity index (χ3n) is 5.67. The summed E-state index contributed by atoms with van der Waals surface area (Å²) in [6.45, 7) is 16.8. The molecule has 2 aliphatic heterocycles. The molecule has 0 aromatic rings. The molecule has 2 heterocycles. The SMILES string of the molecule is CCC1CNC(CC)(CC)CN1CC1CN(CC)CCO1. The van der Waals surface area contributed by atoms with Crippen LogP contribution in [0.15, 0.2) is 0 Å². The molecule has 2 unspecified atom stereocenters. The summed E-state index contributed by atoms with van der Waals surface area (Å²) < 4.78 is 6.04. The van der Waals surface area contributed by atoms with E-state index in [4.69, 9.17) is 4.74 Å². The molecule has 4 heteroatoms. The first kappa shape index (κ1) is 17.2. The van der Waals surface area contributed by atoms with E-state index in [1.165, 1.54) is 25.8 Å². The maximum absolute atomic E-state index is 6.04. The number of likely N-dealkylation sites (N-methyl/N-ethyl adjacent to an activating group) is 1. The van der Waals surface area contributed by atoms with E-state index in [1.54, 1.807) is 0 Å². The number of hydrogen-bond acceptors (Lipinski definition) is 4. The van der Waals surface area contributed by atoms with Crippen LogP contribution in [-0.4, -0.2) is 73.4 Å². The summed E-state index contributed by atoms with van der Waals surface area (Å²) >= 11 is 0. The van der Waals surface area contributed by atoms with Crippen molar-refractivity contribution in [1.82, 2.24) is 15.1 Å². The third-order valence-corrected chi connectivity index (χ3v) is 5.67. The van der Waals surface area contributed by atoms with Crippen LogP contribution in [0.4, 0.5) is 0 Å². The number of rotatable bonds is 6. The van der Waals surface area contributed by atoms with E-state index < -0.39 is 0 Å². The van der Waals surface area contributed by atoms with Gasteiger partial charge in [-0.25, -0.2) is 0 Å². The summed E-state index contributed by atoms with van der Waals surface area (Å²) in [5, 5.41) is 3.83. The topological polar surface area (TPSA) is 27.7 Å². The van der Waals surface area contributed by atoms with E-state index in [1.807, 2.05) is 0 Å². The van der Waals surface area contributed by atoms with Gasteiger partial charge in [-0.1, -0.05) is 27.7 Å². The molecule has 0 spiro atoms. The van der Waals surface area contributed by atoms with Gasteiger partial charge in [-0.2, -0.15) is 0 Å². The number of nitrogens with zero attached hydrogens (tertiary/aromatic N) is 2. The Hall–Kier alpha value is -0.160. The second-order valence-corrected chi connectivity index (χ2v) is 6.75. The molecule has 124 valence electrons. The molecule has 0 bridgehead atoms. The van der Waals surface area contributed by atoms with Crippen molar-refractivity contribution in [3.8, 4) is 0 Å². The Morgan fingerprint density at radius 2 is 1.95 bits per heavy atom. The molecule has 4 nitrogen and oxygen atoms in total. The van der Waals surface area contributed by atoms with Gasteiger partial charge in [-0.15, -0.1) is 0 Å². The zero-order valence-electron chi connectivity index (χ0n) is 14.5. The highest BCUT2D eigenvalue weighted by Gasteiger charge is 2.37. The van der Waals surface area contributed by atoms with Crippen molar-refractivity contribution >= 4 is 0 Å². The molecule has 2 saturated heterocycles. The number of ether oxygens (including phenoxy) is 1. The summed E-state index contributed by atoms with van der Waals surface area (Å²) in [6.07, 6.45) is 4.03. The van der Waals surface area contributed by atoms with Gasteiger partial charge < -0.3 is 10.1 Å². The van der Waals surface area contributed by atoms with E-state index in [9.17, 15) is 0 Å². The maximum atomic E-state index is 6.04. The number of hydrogen-bond donors (Lipinski definition) is 1. The molecule has 1 N–H and O–H groups in total. The largest absolute Gasteiger partial charge is 0.374 e. The van der Waals surface area contributed by atoms with Gasteiger partial charge in [-0.05, 0) is 25.8 Å². The van der Waals surface area contributed by atoms with Crippen molar-refractivity contribution in [1.29, 1.82) is 0 Å². The molecular formula is C17H35N3O. The van der Waals surface area contributed by atoms with Crippen molar-refractivity contribution in [3.05, 3.63) is 0 Å². The molecule has 2 aliphatic rings. The predicted octanol–water partition coefficient (Wildman–Crippen LogP) is 1.95. The Balaban J connectivity index is 1.97. The van der Waals surface area contributed by atoms with Crippen LogP contribution in [-0.2, 0) is 4.74 Å². The molecule has 2 atom stereocenters. The Morgan fingerprint density at radius 3 is 2.57 bits per heavy atom. The van der Waals surface area contributed by atoms with Crippen LogP contribution in [0.25, 0.3) is 0 Å². The lowest BCUT2D eigenvalue weighted by Crippen LogP contribution is -2.65. The van der Waals surface area contributed by atoms with E-state index in [-0.39, 0.29) is 0 Å². The van der Waals surface area contributed by atoms with Crippen LogP contribution in [0.1, 0.15) is 47.0 Å². The van der Waals surface area contributed by atoms with Crippen LogP contribution in [0, 0.1) is 0 Å². The first-order chi connectivity index (χ1) is 10.2. The number of morpholine rings is 1. The van der Waals surface area contributed by atoms with E-state index in [0.717, 1.165) is 39.3 Å². The van der Waals surface area contributed by atoms with E-state index in [0.29, 0.717) is 17.7 Å². The smallest absolute Gasteiger partial charge is 0.0829 e. The fraction of sp³-hybridized carbons (Fsp3) is 1.00. The molecule has 21 heavy (non-hydrogen) atoms. The lowest BCUT2D eigenvalue weighted by molar-refractivity contribution is -0.0579.